The van der Waals surface area contributed by atoms with Crippen molar-refractivity contribution in [1.29, 1.82) is 0 Å². The lowest BCUT2D eigenvalue weighted by atomic mass is 9.82. The van der Waals surface area contributed by atoms with E-state index in [-0.39, 0.29) is 11.8 Å². The van der Waals surface area contributed by atoms with Crippen molar-refractivity contribution in [2.24, 2.45) is 17.8 Å². The highest BCUT2D eigenvalue weighted by atomic mass is 16.5. The van der Waals surface area contributed by atoms with Gasteiger partial charge in [-0.3, -0.25) is 14.7 Å². The summed E-state index contributed by atoms with van der Waals surface area (Å²) in [7, 11) is 0. The number of ether oxygens (including phenoxy) is 1. The van der Waals surface area contributed by atoms with Crippen molar-refractivity contribution in [2.75, 3.05) is 31.6 Å². The maximum atomic E-state index is 12.7. The van der Waals surface area contributed by atoms with Crippen LogP contribution in [-0.4, -0.2) is 53.1 Å². The summed E-state index contributed by atoms with van der Waals surface area (Å²) in [5.41, 5.74) is 0. The van der Waals surface area contributed by atoms with Crippen LogP contribution in [0.5, 0.6) is 0 Å². The van der Waals surface area contributed by atoms with E-state index in [1.54, 1.807) is 18.6 Å². The Labute approximate surface area is 136 Å². The number of nitrogens with zero attached hydrogens (tertiary/aromatic N) is 3. The topological polar surface area (TPSA) is 67.3 Å². The van der Waals surface area contributed by atoms with Crippen LogP contribution < -0.4 is 5.32 Å². The van der Waals surface area contributed by atoms with E-state index >= 15 is 0 Å². The van der Waals surface area contributed by atoms with Gasteiger partial charge < -0.3 is 10.1 Å². The van der Waals surface area contributed by atoms with E-state index < -0.39 is 0 Å². The van der Waals surface area contributed by atoms with Gasteiger partial charge in [0.05, 0.1) is 25.3 Å². The first-order valence-electron chi connectivity index (χ1n) is 8.70. The molecule has 1 aliphatic carbocycles. The van der Waals surface area contributed by atoms with Gasteiger partial charge in [-0.1, -0.05) is 12.8 Å². The Kier molecular flexibility index (Phi) is 4.27. The number of rotatable bonds is 3. The van der Waals surface area contributed by atoms with Gasteiger partial charge in [0.1, 0.15) is 0 Å². The van der Waals surface area contributed by atoms with E-state index in [4.69, 9.17) is 4.74 Å². The predicted molar refractivity (Wildman–Crippen MR) is 85.8 cm³/mol. The highest BCUT2D eigenvalue weighted by molar-refractivity contribution is 5.92. The van der Waals surface area contributed by atoms with Crippen molar-refractivity contribution >= 4 is 11.7 Å². The molecule has 3 atom stereocenters. The zero-order valence-electron chi connectivity index (χ0n) is 13.4. The molecular weight excluding hydrogens is 292 g/mol. The van der Waals surface area contributed by atoms with Gasteiger partial charge in [-0.15, -0.1) is 0 Å². The lowest BCUT2D eigenvalue weighted by molar-refractivity contribution is -0.128. The minimum Gasteiger partial charge on any atom is -0.380 e. The molecule has 124 valence electrons. The Hall–Kier alpha value is -1.53. The molecule has 3 aliphatic rings. The van der Waals surface area contributed by atoms with Gasteiger partial charge in [0.15, 0.2) is 5.82 Å². The van der Waals surface area contributed by atoms with Crippen LogP contribution in [0.15, 0.2) is 18.6 Å². The van der Waals surface area contributed by atoms with Crippen molar-refractivity contribution in [3.63, 3.8) is 0 Å². The quantitative estimate of drug-likeness (QED) is 0.916. The zero-order chi connectivity index (χ0) is 15.6. The monoisotopic (exact) mass is 316 g/mol. The lowest BCUT2D eigenvalue weighted by Crippen LogP contribution is -2.42. The number of fused-ring (bicyclic) bond motifs is 1. The molecule has 1 aromatic rings. The molecule has 0 aromatic carbocycles. The first-order chi connectivity index (χ1) is 11.3. The molecule has 23 heavy (non-hydrogen) atoms. The maximum absolute atomic E-state index is 12.7. The second kappa shape index (κ2) is 6.53. The molecule has 6 nitrogen and oxygen atoms in total. The van der Waals surface area contributed by atoms with Crippen LogP contribution in [0.3, 0.4) is 0 Å². The van der Waals surface area contributed by atoms with Gasteiger partial charge in [-0.2, -0.15) is 0 Å². The fourth-order valence-electron chi connectivity index (χ4n) is 4.45. The molecular formula is C17H24N4O2. The minimum atomic E-state index is -0.0813. The molecule has 1 amide bonds. The largest absolute Gasteiger partial charge is 0.380 e. The molecule has 2 aliphatic heterocycles. The van der Waals surface area contributed by atoms with Crippen molar-refractivity contribution in [3.05, 3.63) is 18.6 Å². The summed E-state index contributed by atoms with van der Waals surface area (Å²) in [6, 6.07) is 0.726. The molecule has 6 heteroatoms. The van der Waals surface area contributed by atoms with Crippen LogP contribution >= 0.6 is 0 Å². The van der Waals surface area contributed by atoms with Gasteiger partial charge in [-0.05, 0) is 24.7 Å². The molecule has 0 radical (unpaired) electrons. The fraction of sp³-hybridized carbons (Fsp3) is 0.706. The molecule has 1 aromatic heterocycles. The highest BCUT2D eigenvalue weighted by Gasteiger charge is 2.45. The Bertz CT molecular complexity index is 547. The predicted octanol–water partition coefficient (Wildman–Crippen LogP) is 1.55. The third-order valence-corrected chi connectivity index (χ3v) is 5.66. The summed E-state index contributed by atoms with van der Waals surface area (Å²) in [5, 5.41) is 2.90. The fourth-order valence-corrected chi connectivity index (χ4v) is 4.45. The van der Waals surface area contributed by atoms with Crippen LogP contribution in [0.2, 0.25) is 0 Å². The third-order valence-electron chi connectivity index (χ3n) is 5.66. The number of likely N-dealkylation sites (tertiary alicyclic amines) is 1. The van der Waals surface area contributed by atoms with Crippen LogP contribution in [0.1, 0.15) is 25.7 Å². The van der Waals surface area contributed by atoms with Crippen molar-refractivity contribution in [2.45, 2.75) is 31.7 Å². The normalized spacial score (nSPS) is 31.9. The third kappa shape index (κ3) is 3.10. The van der Waals surface area contributed by atoms with Crippen molar-refractivity contribution < 1.29 is 9.53 Å². The van der Waals surface area contributed by atoms with E-state index in [0.29, 0.717) is 24.3 Å². The average molecular weight is 316 g/mol. The van der Waals surface area contributed by atoms with E-state index in [1.165, 1.54) is 25.7 Å². The molecule has 1 N–H and O–H groups in total. The van der Waals surface area contributed by atoms with Crippen molar-refractivity contribution in [1.82, 2.24) is 14.9 Å². The van der Waals surface area contributed by atoms with Crippen LogP contribution in [0, 0.1) is 17.8 Å². The number of hydrogen-bond donors (Lipinski definition) is 1. The molecule has 0 spiro atoms. The number of aromatic nitrogens is 2. The Balaban J connectivity index is 1.43. The van der Waals surface area contributed by atoms with E-state index in [0.717, 1.165) is 25.7 Å². The lowest BCUT2D eigenvalue weighted by Gasteiger charge is -2.31. The summed E-state index contributed by atoms with van der Waals surface area (Å²) >= 11 is 0. The van der Waals surface area contributed by atoms with Gasteiger partial charge >= 0.3 is 0 Å². The number of hydrogen-bond acceptors (Lipinski definition) is 5. The summed E-state index contributed by atoms with van der Waals surface area (Å²) in [4.78, 5) is 23.4. The van der Waals surface area contributed by atoms with E-state index in [9.17, 15) is 4.79 Å². The molecule has 2 saturated heterocycles. The molecule has 3 fully saturated rings. The highest BCUT2D eigenvalue weighted by Crippen LogP contribution is 2.38. The summed E-state index contributed by atoms with van der Waals surface area (Å²) in [5.74, 6) is 1.35. The maximum Gasteiger partial charge on any atom is 0.231 e. The average Bonchev–Trinajstić information content (AvgIpc) is 3.24. The smallest absolute Gasteiger partial charge is 0.231 e. The standard InChI is InChI=1S/C17H24N4O2/c22-17(20-16-7-18-5-6-19-16)15-11-23-10-12-8-21(9-14(12)15)13-3-1-2-4-13/h5-7,12-15H,1-4,8-11H2,(H,19,20,22)/t12-,14-,15+/m0/s1. The van der Waals surface area contributed by atoms with Gasteiger partial charge in [0.25, 0.3) is 0 Å². The zero-order valence-corrected chi connectivity index (χ0v) is 13.4. The summed E-state index contributed by atoms with van der Waals surface area (Å²) < 4.78 is 5.74. The SMILES string of the molecule is O=C(Nc1cnccn1)[C@@H]1COC[C@@H]2CN(C3CCCC3)C[C@@H]21. The number of carbonyl (C=O) groups excluding carboxylic acids is 1. The number of anilines is 1. The molecule has 0 bridgehead atoms. The van der Waals surface area contributed by atoms with Crippen LogP contribution in [0.4, 0.5) is 5.82 Å². The minimum absolute atomic E-state index is 0.0217. The Morgan fingerprint density at radius 1 is 1.22 bits per heavy atom. The van der Waals surface area contributed by atoms with Gasteiger partial charge in [0.2, 0.25) is 5.91 Å². The first-order valence-corrected chi connectivity index (χ1v) is 8.70. The first kappa shape index (κ1) is 15.0. The van der Waals surface area contributed by atoms with E-state index in [2.05, 4.69) is 20.2 Å². The van der Waals surface area contributed by atoms with Crippen LogP contribution in [0.25, 0.3) is 0 Å². The molecule has 0 unspecified atom stereocenters. The van der Waals surface area contributed by atoms with Gasteiger partial charge in [-0.25, -0.2) is 4.98 Å². The summed E-state index contributed by atoms with van der Waals surface area (Å²) in [6.45, 7) is 3.44. The number of carbonyl (C=O) groups is 1. The molecule has 1 saturated carbocycles. The summed E-state index contributed by atoms with van der Waals surface area (Å²) in [6.07, 6.45) is 10.1. The van der Waals surface area contributed by atoms with Crippen molar-refractivity contribution in [3.8, 4) is 0 Å². The molecule has 3 heterocycles. The number of nitrogens with one attached hydrogen (secondary N) is 1. The second-order valence-electron chi connectivity index (χ2n) is 7.04. The number of amides is 1. The molecule has 4 rings (SSSR count). The van der Waals surface area contributed by atoms with E-state index in [1.807, 2.05) is 0 Å². The van der Waals surface area contributed by atoms with Crippen LogP contribution in [-0.2, 0) is 9.53 Å². The second-order valence-corrected chi connectivity index (χ2v) is 7.04. The van der Waals surface area contributed by atoms with Gasteiger partial charge in [0, 0.05) is 31.5 Å². The Morgan fingerprint density at radius 2 is 2.09 bits per heavy atom. The Morgan fingerprint density at radius 3 is 2.87 bits per heavy atom.